The minimum absolute atomic E-state index is 0.0792. The molecule has 36 heavy (non-hydrogen) atoms. The first-order chi connectivity index (χ1) is 16.6. The summed E-state index contributed by atoms with van der Waals surface area (Å²) in [4.78, 5) is 40.8. The van der Waals surface area contributed by atoms with E-state index in [0.29, 0.717) is 19.0 Å². The summed E-state index contributed by atoms with van der Waals surface area (Å²) in [6, 6.07) is 6.17. The van der Waals surface area contributed by atoms with Crippen molar-refractivity contribution >= 4 is 23.6 Å². The van der Waals surface area contributed by atoms with Crippen LogP contribution in [0.1, 0.15) is 44.6 Å². The van der Waals surface area contributed by atoms with Crippen LogP contribution in [0.4, 0.5) is 32.2 Å². The van der Waals surface area contributed by atoms with E-state index in [1.54, 1.807) is 0 Å². The van der Waals surface area contributed by atoms with E-state index in [1.807, 2.05) is 0 Å². The lowest BCUT2D eigenvalue weighted by Crippen LogP contribution is -2.30. The van der Waals surface area contributed by atoms with Gasteiger partial charge in [-0.1, -0.05) is 6.07 Å². The number of anilines is 1. The number of alkyl halides is 6. The van der Waals surface area contributed by atoms with Crippen LogP contribution in [-0.2, 0) is 15.7 Å². The van der Waals surface area contributed by atoms with Crippen molar-refractivity contribution in [2.45, 2.75) is 31.1 Å². The lowest BCUT2D eigenvalue weighted by atomic mass is 10.1. The van der Waals surface area contributed by atoms with Crippen LogP contribution in [0.3, 0.4) is 0 Å². The number of nitrogens with two attached hydrogens (primary N) is 1. The molecule has 2 atom stereocenters. The fraction of sp³-hybridized carbons (Fsp3) is 0.333. The predicted molar refractivity (Wildman–Crippen MR) is 109 cm³/mol. The van der Waals surface area contributed by atoms with E-state index < -0.39 is 59.5 Å². The predicted octanol–water partition coefficient (Wildman–Crippen LogP) is 2.62. The van der Waals surface area contributed by atoms with Gasteiger partial charge in [0.15, 0.2) is 6.23 Å². The lowest BCUT2D eigenvalue weighted by molar-refractivity contribution is -0.205. The summed E-state index contributed by atoms with van der Waals surface area (Å²) in [5.74, 6) is -4.94. The topological polar surface area (TPSA) is 135 Å². The number of hydrogen-bond donors (Lipinski definition) is 3. The summed E-state index contributed by atoms with van der Waals surface area (Å²) in [5, 5.41) is 11.7. The molecule has 3 rings (SSSR count). The molecule has 194 valence electrons. The molecule has 1 aromatic carbocycles. The molecule has 1 fully saturated rings. The van der Waals surface area contributed by atoms with E-state index in [0.717, 1.165) is 0 Å². The van der Waals surface area contributed by atoms with Gasteiger partial charge in [0, 0.05) is 29.8 Å². The van der Waals surface area contributed by atoms with Crippen molar-refractivity contribution in [3.8, 4) is 0 Å². The average Bonchev–Trinajstić information content (AvgIpc) is 3.23. The van der Waals surface area contributed by atoms with Crippen LogP contribution >= 0.6 is 0 Å². The monoisotopic (exact) mass is 520 g/mol. The van der Waals surface area contributed by atoms with Gasteiger partial charge in [0.05, 0.1) is 6.10 Å². The lowest BCUT2D eigenvalue weighted by Gasteiger charge is -2.18. The zero-order valence-electron chi connectivity index (χ0n) is 18.1. The molecule has 1 aliphatic rings. The smallest absolute Gasteiger partial charge is 0.436 e. The van der Waals surface area contributed by atoms with Gasteiger partial charge in [-0.15, -0.1) is 0 Å². The summed E-state index contributed by atoms with van der Waals surface area (Å²) in [7, 11) is 0. The van der Waals surface area contributed by atoms with Gasteiger partial charge >= 0.3 is 18.3 Å². The number of amides is 2. The minimum Gasteiger partial charge on any atom is -0.436 e. The molecule has 0 radical (unpaired) electrons. The standard InChI is InChI=1S/C21H18F6N4O5/c22-20(23,24)14-7-12(16(28)36-19(35)21(25,26)27)8-15(29-14)30-17(33)10-2-1-3-11(6-10)18(34)31-5-4-13(32)9-31/h1-3,6-8,13,16,32H,4-5,9,28H2,(H,29,30,33)/t13-,16?/m0/s1. The minimum atomic E-state index is -5.44. The third-order valence-corrected chi connectivity index (χ3v) is 5.00. The van der Waals surface area contributed by atoms with Crippen molar-refractivity contribution in [2.75, 3.05) is 18.4 Å². The number of halogens is 6. The molecule has 1 aromatic heterocycles. The van der Waals surface area contributed by atoms with Gasteiger partial charge in [-0.2, -0.15) is 26.3 Å². The van der Waals surface area contributed by atoms with Crippen molar-refractivity contribution in [2.24, 2.45) is 5.73 Å². The maximum absolute atomic E-state index is 13.3. The van der Waals surface area contributed by atoms with E-state index in [9.17, 15) is 45.8 Å². The molecule has 4 N–H and O–H groups in total. The molecule has 1 saturated heterocycles. The fourth-order valence-corrected chi connectivity index (χ4v) is 3.27. The number of rotatable bonds is 5. The van der Waals surface area contributed by atoms with E-state index in [-0.39, 0.29) is 23.7 Å². The van der Waals surface area contributed by atoms with Gasteiger partial charge in [0.1, 0.15) is 11.5 Å². The first kappa shape index (κ1) is 26.9. The zero-order chi connectivity index (χ0) is 26.8. The van der Waals surface area contributed by atoms with E-state index >= 15 is 0 Å². The van der Waals surface area contributed by atoms with Gasteiger partial charge < -0.3 is 20.1 Å². The Labute approximate surface area is 198 Å². The number of ether oxygens (including phenoxy) is 1. The van der Waals surface area contributed by atoms with Crippen LogP contribution in [0.5, 0.6) is 0 Å². The molecule has 0 saturated carbocycles. The van der Waals surface area contributed by atoms with Crippen LogP contribution in [-0.4, -0.2) is 58.1 Å². The number of aliphatic hydroxyl groups is 1. The van der Waals surface area contributed by atoms with Crippen molar-refractivity contribution in [3.05, 3.63) is 58.8 Å². The van der Waals surface area contributed by atoms with Crippen LogP contribution in [0.25, 0.3) is 0 Å². The van der Waals surface area contributed by atoms with Crippen molar-refractivity contribution in [3.63, 3.8) is 0 Å². The molecule has 2 amide bonds. The molecule has 15 heteroatoms. The second kappa shape index (κ2) is 10.1. The van der Waals surface area contributed by atoms with E-state index in [4.69, 9.17) is 5.73 Å². The molecule has 2 heterocycles. The van der Waals surface area contributed by atoms with Crippen LogP contribution in [0.15, 0.2) is 36.4 Å². The number of aliphatic hydroxyl groups excluding tert-OH is 1. The van der Waals surface area contributed by atoms with Crippen molar-refractivity contribution < 1.29 is 50.6 Å². The highest BCUT2D eigenvalue weighted by Crippen LogP contribution is 2.31. The summed E-state index contributed by atoms with van der Waals surface area (Å²) >= 11 is 0. The Bertz CT molecular complexity index is 1170. The van der Waals surface area contributed by atoms with Gasteiger partial charge in [-0.25, -0.2) is 9.78 Å². The number of carbonyl (C=O) groups is 3. The van der Waals surface area contributed by atoms with Gasteiger partial charge in [0.25, 0.3) is 11.8 Å². The number of hydrogen-bond acceptors (Lipinski definition) is 7. The number of β-amino-alcohol motifs (C(OH)–C–C–N with tert-alkyl or cyclic N) is 1. The highest BCUT2D eigenvalue weighted by molar-refractivity contribution is 6.05. The summed E-state index contributed by atoms with van der Waals surface area (Å²) in [6.07, 6.45) is -13.1. The van der Waals surface area contributed by atoms with Crippen LogP contribution in [0.2, 0.25) is 0 Å². The third kappa shape index (κ3) is 6.48. The highest BCUT2D eigenvalue weighted by atomic mass is 19.4. The largest absolute Gasteiger partial charge is 0.490 e. The average molecular weight is 520 g/mol. The molecule has 0 spiro atoms. The molecular weight excluding hydrogens is 502 g/mol. The number of aromatic nitrogens is 1. The molecular formula is C21H18F6N4O5. The van der Waals surface area contributed by atoms with Gasteiger partial charge in [0.2, 0.25) is 0 Å². The Hall–Kier alpha value is -3.72. The SMILES string of the molecule is NC(OC(=O)C(F)(F)F)c1cc(NC(=O)c2cccc(C(=O)N3CC[C@H](O)C3)c2)nc(C(F)(F)F)c1. The highest BCUT2D eigenvalue weighted by Gasteiger charge is 2.42. The van der Waals surface area contributed by atoms with Crippen molar-refractivity contribution in [1.29, 1.82) is 0 Å². The summed E-state index contributed by atoms with van der Waals surface area (Å²) in [5.41, 5.74) is 2.92. The molecule has 1 unspecified atom stereocenters. The second-order valence-corrected chi connectivity index (χ2v) is 7.72. The maximum Gasteiger partial charge on any atom is 0.490 e. The second-order valence-electron chi connectivity index (χ2n) is 7.72. The molecule has 0 bridgehead atoms. The Balaban J connectivity index is 1.85. The van der Waals surface area contributed by atoms with Gasteiger partial charge in [-0.3, -0.25) is 15.3 Å². The Morgan fingerprint density at radius 2 is 1.78 bits per heavy atom. The number of esters is 1. The molecule has 9 nitrogen and oxygen atoms in total. The number of likely N-dealkylation sites (tertiary alicyclic amines) is 1. The zero-order valence-corrected chi connectivity index (χ0v) is 18.1. The number of nitrogens with one attached hydrogen (secondary N) is 1. The first-order valence-corrected chi connectivity index (χ1v) is 10.2. The maximum atomic E-state index is 13.3. The normalized spacial score (nSPS) is 17.0. The summed E-state index contributed by atoms with van der Waals surface area (Å²) < 4.78 is 81.1. The summed E-state index contributed by atoms with van der Waals surface area (Å²) in [6.45, 7) is 0.401. The Morgan fingerprint density at radius 1 is 1.11 bits per heavy atom. The quantitative estimate of drug-likeness (QED) is 0.313. The van der Waals surface area contributed by atoms with Gasteiger partial charge in [-0.05, 0) is 36.8 Å². The molecule has 2 aromatic rings. The van der Waals surface area contributed by atoms with E-state index in [2.05, 4.69) is 15.0 Å². The van der Waals surface area contributed by atoms with Crippen molar-refractivity contribution in [1.82, 2.24) is 9.88 Å². The number of carbonyl (C=O) groups excluding carboxylic acids is 3. The number of pyridine rings is 1. The fourth-order valence-electron chi connectivity index (χ4n) is 3.27. The van der Waals surface area contributed by atoms with Crippen LogP contribution < -0.4 is 11.1 Å². The Kier molecular flexibility index (Phi) is 7.54. The molecule has 1 aliphatic heterocycles. The van der Waals surface area contributed by atoms with Crippen LogP contribution in [0, 0.1) is 0 Å². The number of benzene rings is 1. The molecule has 0 aliphatic carbocycles. The Morgan fingerprint density at radius 3 is 2.36 bits per heavy atom. The third-order valence-electron chi connectivity index (χ3n) is 5.00. The van der Waals surface area contributed by atoms with E-state index in [1.165, 1.54) is 29.2 Å². The number of nitrogens with zero attached hydrogens (tertiary/aromatic N) is 2. The first-order valence-electron chi connectivity index (χ1n) is 10.2.